The molecule has 1 atom stereocenters. The number of H-pyrrole nitrogens is 1. The van der Waals surface area contributed by atoms with Crippen molar-refractivity contribution in [3.8, 4) is 0 Å². The number of carbonyl (C=O) groups excluding carboxylic acids is 2. The zero-order valence-corrected chi connectivity index (χ0v) is 18.3. The van der Waals surface area contributed by atoms with Crippen LogP contribution in [0.5, 0.6) is 0 Å². The Balaban J connectivity index is 1.20. The summed E-state index contributed by atoms with van der Waals surface area (Å²) in [6, 6.07) is 18.4. The molecule has 2 aliphatic rings. The molecule has 3 heterocycles. The number of benzene rings is 2. The lowest BCUT2D eigenvalue weighted by molar-refractivity contribution is -0.122. The molecular formula is C26H30N4O2. The minimum Gasteiger partial charge on any atom is -0.371 e. The number of piperidine rings is 2. The van der Waals surface area contributed by atoms with E-state index < -0.39 is 0 Å². The fraction of sp³-hybridized carbons (Fsp3) is 0.385. The van der Waals surface area contributed by atoms with Crippen LogP contribution in [0.25, 0.3) is 10.9 Å². The van der Waals surface area contributed by atoms with Gasteiger partial charge >= 0.3 is 0 Å². The number of aromatic amines is 1. The van der Waals surface area contributed by atoms with Gasteiger partial charge in [-0.2, -0.15) is 0 Å². The monoisotopic (exact) mass is 430 g/mol. The number of nitrogens with one attached hydrogen (secondary N) is 1. The smallest absolute Gasteiger partial charge is 0.253 e. The molecule has 6 nitrogen and oxygen atoms in total. The summed E-state index contributed by atoms with van der Waals surface area (Å²) in [6.07, 6.45) is 3.76. The molecule has 2 fully saturated rings. The summed E-state index contributed by atoms with van der Waals surface area (Å²) in [4.78, 5) is 32.3. The quantitative estimate of drug-likeness (QED) is 0.659. The third-order valence-electron chi connectivity index (χ3n) is 7.08. The van der Waals surface area contributed by atoms with Crippen LogP contribution in [0.3, 0.4) is 0 Å². The van der Waals surface area contributed by atoms with E-state index in [0.717, 1.165) is 56.6 Å². The molecule has 5 rings (SSSR count). The van der Waals surface area contributed by atoms with E-state index in [1.54, 1.807) is 0 Å². The Kier molecular flexibility index (Phi) is 5.60. The Bertz CT molecular complexity index is 1080. The number of rotatable bonds is 4. The number of amides is 2. The highest BCUT2D eigenvalue weighted by atomic mass is 16.2. The second-order valence-corrected chi connectivity index (χ2v) is 9.11. The normalized spacial score (nSPS) is 19.9. The average molecular weight is 431 g/mol. The second-order valence-electron chi connectivity index (χ2n) is 9.11. The molecule has 2 aliphatic heterocycles. The van der Waals surface area contributed by atoms with Crippen molar-refractivity contribution in [2.45, 2.75) is 31.6 Å². The molecule has 2 aromatic carbocycles. The molecule has 0 spiro atoms. The summed E-state index contributed by atoms with van der Waals surface area (Å²) in [6.45, 7) is 3.11. The first-order chi connectivity index (χ1) is 15.6. The Morgan fingerprint density at radius 1 is 0.938 bits per heavy atom. The maximum Gasteiger partial charge on any atom is 0.253 e. The number of fused-ring (bicyclic) bond motifs is 1. The number of primary amides is 1. The van der Waals surface area contributed by atoms with Gasteiger partial charge in [-0.05, 0) is 67.5 Å². The lowest BCUT2D eigenvalue weighted by Crippen LogP contribution is -2.41. The number of hydrogen-bond donors (Lipinski definition) is 2. The number of para-hydroxylation sites is 1. The summed E-state index contributed by atoms with van der Waals surface area (Å²) >= 11 is 0. The Hall–Kier alpha value is -3.28. The fourth-order valence-electron chi connectivity index (χ4n) is 5.15. The molecule has 0 saturated carbocycles. The highest BCUT2D eigenvalue weighted by Gasteiger charge is 2.27. The predicted molar refractivity (Wildman–Crippen MR) is 127 cm³/mol. The molecule has 1 unspecified atom stereocenters. The second kappa shape index (κ2) is 8.69. The minimum atomic E-state index is -0.225. The van der Waals surface area contributed by atoms with Crippen LogP contribution in [0, 0.1) is 5.92 Å². The molecule has 3 aromatic rings. The molecule has 166 valence electrons. The Morgan fingerprint density at radius 3 is 2.41 bits per heavy atom. The van der Waals surface area contributed by atoms with Gasteiger partial charge < -0.3 is 20.5 Å². The van der Waals surface area contributed by atoms with Crippen LogP contribution in [-0.2, 0) is 4.79 Å². The summed E-state index contributed by atoms with van der Waals surface area (Å²) in [5.41, 5.74) is 9.73. The summed E-state index contributed by atoms with van der Waals surface area (Å²) in [5.74, 6) is 0.243. The lowest BCUT2D eigenvalue weighted by Gasteiger charge is -2.33. The van der Waals surface area contributed by atoms with Gasteiger partial charge in [-0.1, -0.05) is 18.2 Å². The number of nitrogens with zero attached hydrogens (tertiary/aromatic N) is 2. The van der Waals surface area contributed by atoms with Crippen LogP contribution in [0.4, 0.5) is 5.69 Å². The van der Waals surface area contributed by atoms with Crippen LogP contribution < -0.4 is 10.6 Å². The fourth-order valence-corrected chi connectivity index (χ4v) is 5.15. The van der Waals surface area contributed by atoms with Gasteiger partial charge in [-0.25, -0.2) is 0 Å². The van der Waals surface area contributed by atoms with Gasteiger partial charge in [0.2, 0.25) is 5.91 Å². The van der Waals surface area contributed by atoms with Gasteiger partial charge in [0.05, 0.1) is 5.92 Å². The summed E-state index contributed by atoms with van der Waals surface area (Å²) in [7, 11) is 0. The van der Waals surface area contributed by atoms with E-state index in [4.69, 9.17) is 5.73 Å². The molecule has 6 heteroatoms. The molecule has 2 amide bonds. The highest BCUT2D eigenvalue weighted by Crippen LogP contribution is 2.31. The maximum atomic E-state index is 13.1. The molecule has 0 radical (unpaired) electrons. The van der Waals surface area contributed by atoms with Gasteiger partial charge in [-0.15, -0.1) is 0 Å². The topological polar surface area (TPSA) is 82.4 Å². The first kappa shape index (κ1) is 20.6. The van der Waals surface area contributed by atoms with E-state index >= 15 is 0 Å². The largest absolute Gasteiger partial charge is 0.371 e. The van der Waals surface area contributed by atoms with Crippen molar-refractivity contribution in [2.24, 2.45) is 11.7 Å². The van der Waals surface area contributed by atoms with Crippen molar-refractivity contribution in [2.75, 3.05) is 31.1 Å². The average Bonchev–Trinajstić information content (AvgIpc) is 3.28. The first-order valence-electron chi connectivity index (χ1n) is 11.6. The van der Waals surface area contributed by atoms with Crippen molar-refractivity contribution < 1.29 is 9.59 Å². The molecule has 0 aliphatic carbocycles. The summed E-state index contributed by atoms with van der Waals surface area (Å²) < 4.78 is 0. The van der Waals surface area contributed by atoms with Gasteiger partial charge in [0, 0.05) is 54.6 Å². The van der Waals surface area contributed by atoms with Crippen LogP contribution in [-0.4, -0.2) is 47.9 Å². The van der Waals surface area contributed by atoms with Crippen LogP contribution in [0.15, 0.2) is 54.6 Å². The van der Waals surface area contributed by atoms with E-state index in [-0.39, 0.29) is 17.7 Å². The molecule has 3 N–H and O–H groups in total. The molecule has 0 bridgehead atoms. The highest BCUT2D eigenvalue weighted by molar-refractivity contribution is 5.94. The van der Waals surface area contributed by atoms with Crippen molar-refractivity contribution in [1.29, 1.82) is 0 Å². The number of anilines is 1. The number of carbonyl (C=O) groups is 2. The van der Waals surface area contributed by atoms with Crippen molar-refractivity contribution in [3.63, 3.8) is 0 Å². The van der Waals surface area contributed by atoms with Crippen molar-refractivity contribution in [1.82, 2.24) is 9.88 Å². The van der Waals surface area contributed by atoms with E-state index in [1.165, 1.54) is 16.6 Å². The number of likely N-dealkylation sites (tertiary alicyclic amines) is 1. The molecule has 1 aromatic heterocycles. The maximum absolute atomic E-state index is 13.1. The Morgan fingerprint density at radius 2 is 1.69 bits per heavy atom. The van der Waals surface area contributed by atoms with Crippen molar-refractivity contribution >= 4 is 28.4 Å². The SMILES string of the molecule is NC(=O)C1CCCN(c2ccc(C(=O)N3CCC(c4cc5ccccc5[nH]4)CC3)cc2)C1. The van der Waals surface area contributed by atoms with Gasteiger partial charge in [0.15, 0.2) is 0 Å². The lowest BCUT2D eigenvalue weighted by atomic mass is 9.93. The zero-order valence-electron chi connectivity index (χ0n) is 18.3. The standard InChI is InChI=1S/C26H30N4O2/c27-25(31)21-5-3-13-30(17-21)22-9-7-19(8-10-22)26(32)29-14-11-18(12-15-29)24-16-20-4-1-2-6-23(20)28-24/h1-2,4,6-10,16,18,21,28H,3,5,11-15,17H2,(H2,27,31). The molecular weight excluding hydrogens is 400 g/mol. The third-order valence-corrected chi connectivity index (χ3v) is 7.08. The third kappa shape index (κ3) is 4.09. The van der Waals surface area contributed by atoms with E-state index in [0.29, 0.717) is 12.5 Å². The van der Waals surface area contributed by atoms with Crippen molar-refractivity contribution in [3.05, 3.63) is 65.9 Å². The van der Waals surface area contributed by atoms with E-state index in [1.807, 2.05) is 29.2 Å². The zero-order chi connectivity index (χ0) is 22.1. The van der Waals surface area contributed by atoms with Crippen LogP contribution >= 0.6 is 0 Å². The van der Waals surface area contributed by atoms with Gasteiger partial charge in [0.25, 0.3) is 5.91 Å². The van der Waals surface area contributed by atoms with Crippen LogP contribution in [0.2, 0.25) is 0 Å². The number of nitrogens with two attached hydrogens (primary N) is 1. The molecule has 32 heavy (non-hydrogen) atoms. The Labute approximate surface area is 188 Å². The predicted octanol–water partition coefficient (Wildman–Crippen LogP) is 3.89. The molecule has 2 saturated heterocycles. The van der Waals surface area contributed by atoms with Gasteiger partial charge in [-0.3, -0.25) is 9.59 Å². The van der Waals surface area contributed by atoms with Crippen LogP contribution in [0.1, 0.15) is 47.7 Å². The summed E-state index contributed by atoms with van der Waals surface area (Å²) in [5, 5.41) is 1.25. The minimum absolute atomic E-state index is 0.0939. The van der Waals surface area contributed by atoms with E-state index in [2.05, 4.69) is 40.2 Å². The number of hydrogen-bond acceptors (Lipinski definition) is 3. The van der Waals surface area contributed by atoms with E-state index in [9.17, 15) is 9.59 Å². The number of aromatic nitrogens is 1. The first-order valence-corrected chi connectivity index (χ1v) is 11.6. The van der Waals surface area contributed by atoms with Gasteiger partial charge in [0.1, 0.15) is 0 Å².